The molecule has 0 spiro atoms. The fourth-order valence-electron chi connectivity index (χ4n) is 1.15. The number of aliphatic hydroxyl groups excluding tert-OH is 1. The van der Waals surface area contributed by atoms with Crippen molar-refractivity contribution in [3.8, 4) is 0 Å². The van der Waals surface area contributed by atoms with E-state index < -0.39 is 0 Å². The second kappa shape index (κ2) is 12.0. The molecule has 0 aliphatic heterocycles. The molecule has 0 radical (unpaired) electrons. The van der Waals surface area contributed by atoms with Crippen LogP contribution in [0, 0.1) is 5.92 Å². The Morgan fingerprint density at radius 2 is 1.40 bits per heavy atom. The average molecular weight is 218 g/mol. The molecule has 0 atom stereocenters. The molecule has 0 unspecified atom stereocenters. The molecule has 0 rings (SSSR count). The summed E-state index contributed by atoms with van der Waals surface area (Å²) in [4.78, 5) is 0. The van der Waals surface area contributed by atoms with Crippen LogP contribution in [-0.2, 0) is 9.47 Å². The second-order valence-corrected chi connectivity index (χ2v) is 4.22. The predicted octanol–water partition coefficient (Wildman–Crippen LogP) is 2.23. The molecule has 3 heteroatoms. The molecular weight excluding hydrogens is 192 g/mol. The Morgan fingerprint density at radius 1 is 0.867 bits per heavy atom. The van der Waals surface area contributed by atoms with Gasteiger partial charge in [0.1, 0.15) is 0 Å². The van der Waals surface area contributed by atoms with E-state index in [-0.39, 0.29) is 6.61 Å². The topological polar surface area (TPSA) is 38.7 Å². The van der Waals surface area contributed by atoms with Crippen molar-refractivity contribution in [2.45, 2.75) is 39.5 Å². The maximum atomic E-state index is 8.54. The highest BCUT2D eigenvalue weighted by Gasteiger charge is 1.94. The van der Waals surface area contributed by atoms with Gasteiger partial charge in [-0.05, 0) is 31.6 Å². The molecule has 0 saturated carbocycles. The van der Waals surface area contributed by atoms with Crippen LogP contribution in [0.3, 0.4) is 0 Å². The van der Waals surface area contributed by atoms with Gasteiger partial charge in [0, 0.05) is 33.0 Å². The maximum absolute atomic E-state index is 8.54. The van der Waals surface area contributed by atoms with Gasteiger partial charge in [0.25, 0.3) is 0 Å². The third kappa shape index (κ3) is 13.9. The Bertz CT molecular complexity index is 115. The first-order valence-corrected chi connectivity index (χ1v) is 6.03. The molecule has 0 aromatic heterocycles. The van der Waals surface area contributed by atoms with Crippen molar-refractivity contribution in [1.82, 2.24) is 0 Å². The van der Waals surface area contributed by atoms with Crippen molar-refractivity contribution in [2.75, 3.05) is 33.0 Å². The normalized spacial score (nSPS) is 11.2. The van der Waals surface area contributed by atoms with Gasteiger partial charge in [-0.3, -0.25) is 0 Å². The third-order valence-electron chi connectivity index (χ3n) is 1.98. The SMILES string of the molecule is CC(C)COCCCCOCCCCO. The molecule has 0 amide bonds. The van der Waals surface area contributed by atoms with E-state index in [9.17, 15) is 0 Å². The fourth-order valence-corrected chi connectivity index (χ4v) is 1.15. The Kier molecular flexibility index (Phi) is 11.9. The summed E-state index contributed by atoms with van der Waals surface area (Å²) in [5, 5.41) is 8.54. The van der Waals surface area contributed by atoms with Gasteiger partial charge >= 0.3 is 0 Å². The van der Waals surface area contributed by atoms with Crippen LogP contribution >= 0.6 is 0 Å². The minimum Gasteiger partial charge on any atom is -0.396 e. The zero-order valence-electron chi connectivity index (χ0n) is 10.2. The zero-order chi connectivity index (χ0) is 11.4. The molecule has 3 nitrogen and oxygen atoms in total. The lowest BCUT2D eigenvalue weighted by Crippen LogP contribution is -2.04. The number of hydrogen-bond acceptors (Lipinski definition) is 3. The van der Waals surface area contributed by atoms with Crippen molar-refractivity contribution in [3.63, 3.8) is 0 Å². The highest BCUT2D eigenvalue weighted by Crippen LogP contribution is 1.97. The molecule has 0 bridgehead atoms. The fraction of sp³-hybridized carbons (Fsp3) is 1.00. The molecule has 0 saturated heterocycles. The van der Waals surface area contributed by atoms with E-state index in [1.165, 1.54) is 0 Å². The van der Waals surface area contributed by atoms with Crippen LogP contribution in [0.15, 0.2) is 0 Å². The minimum atomic E-state index is 0.270. The first kappa shape index (κ1) is 14.9. The Labute approximate surface area is 93.8 Å². The summed E-state index contributed by atoms with van der Waals surface area (Å²) in [6.07, 6.45) is 3.95. The standard InChI is InChI=1S/C12H26O3/c1-12(2)11-15-10-6-5-9-14-8-4-3-7-13/h12-13H,3-11H2,1-2H3. The first-order valence-electron chi connectivity index (χ1n) is 6.03. The molecule has 0 aromatic rings. The number of hydrogen-bond donors (Lipinski definition) is 1. The van der Waals surface area contributed by atoms with E-state index in [4.69, 9.17) is 14.6 Å². The Hall–Kier alpha value is -0.120. The quantitative estimate of drug-likeness (QED) is 0.540. The van der Waals surface area contributed by atoms with Crippen molar-refractivity contribution in [1.29, 1.82) is 0 Å². The lowest BCUT2D eigenvalue weighted by molar-refractivity contribution is 0.0879. The molecule has 0 aliphatic rings. The summed E-state index contributed by atoms with van der Waals surface area (Å²) in [6, 6.07) is 0. The van der Waals surface area contributed by atoms with Gasteiger partial charge < -0.3 is 14.6 Å². The second-order valence-electron chi connectivity index (χ2n) is 4.22. The maximum Gasteiger partial charge on any atom is 0.0488 e. The molecule has 15 heavy (non-hydrogen) atoms. The van der Waals surface area contributed by atoms with Gasteiger partial charge in [-0.25, -0.2) is 0 Å². The predicted molar refractivity (Wildman–Crippen MR) is 62.0 cm³/mol. The third-order valence-corrected chi connectivity index (χ3v) is 1.98. The first-order chi connectivity index (χ1) is 7.27. The number of rotatable bonds is 11. The minimum absolute atomic E-state index is 0.270. The van der Waals surface area contributed by atoms with Gasteiger partial charge in [0.2, 0.25) is 0 Å². The van der Waals surface area contributed by atoms with Gasteiger partial charge in [0.15, 0.2) is 0 Å². The van der Waals surface area contributed by atoms with Gasteiger partial charge in [0.05, 0.1) is 0 Å². The van der Waals surface area contributed by atoms with Crippen LogP contribution in [0.25, 0.3) is 0 Å². The van der Waals surface area contributed by atoms with Crippen LogP contribution in [0.2, 0.25) is 0 Å². The van der Waals surface area contributed by atoms with E-state index in [1.807, 2.05) is 0 Å². The van der Waals surface area contributed by atoms with E-state index in [0.717, 1.165) is 52.1 Å². The Morgan fingerprint density at radius 3 is 1.93 bits per heavy atom. The molecule has 92 valence electrons. The monoisotopic (exact) mass is 218 g/mol. The summed E-state index contributed by atoms with van der Waals surface area (Å²) in [5.41, 5.74) is 0. The molecule has 0 heterocycles. The smallest absolute Gasteiger partial charge is 0.0488 e. The van der Waals surface area contributed by atoms with Crippen LogP contribution < -0.4 is 0 Å². The highest BCUT2D eigenvalue weighted by molar-refractivity contribution is 4.42. The summed E-state index contributed by atoms with van der Waals surface area (Å²) >= 11 is 0. The number of aliphatic hydroxyl groups is 1. The van der Waals surface area contributed by atoms with Crippen molar-refractivity contribution in [3.05, 3.63) is 0 Å². The van der Waals surface area contributed by atoms with E-state index in [0.29, 0.717) is 5.92 Å². The molecule has 0 fully saturated rings. The Balaban J connectivity index is 2.87. The molecule has 1 N–H and O–H groups in total. The molecule has 0 aliphatic carbocycles. The number of ether oxygens (including phenoxy) is 2. The highest BCUT2D eigenvalue weighted by atomic mass is 16.5. The van der Waals surface area contributed by atoms with Crippen LogP contribution in [0.5, 0.6) is 0 Å². The van der Waals surface area contributed by atoms with Crippen molar-refractivity contribution in [2.24, 2.45) is 5.92 Å². The summed E-state index contributed by atoms with van der Waals surface area (Å²) in [5.74, 6) is 0.625. The zero-order valence-corrected chi connectivity index (χ0v) is 10.2. The average Bonchev–Trinajstić information content (AvgIpc) is 2.20. The summed E-state index contributed by atoms with van der Waals surface area (Å²) in [7, 11) is 0. The van der Waals surface area contributed by atoms with E-state index in [1.54, 1.807) is 0 Å². The van der Waals surface area contributed by atoms with Crippen LogP contribution in [-0.4, -0.2) is 38.1 Å². The van der Waals surface area contributed by atoms with Crippen LogP contribution in [0.4, 0.5) is 0 Å². The van der Waals surface area contributed by atoms with Crippen LogP contribution in [0.1, 0.15) is 39.5 Å². The van der Waals surface area contributed by atoms with Crippen molar-refractivity contribution < 1.29 is 14.6 Å². The molecule has 0 aromatic carbocycles. The lowest BCUT2D eigenvalue weighted by Gasteiger charge is -2.06. The summed E-state index contributed by atoms with van der Waals surface area (Å²) in [6.45, 7) is 7.88. The van der Waals surface area contributed by atoms with Crippen molar-refractivity contribution >= 4 is 0 Å². The van der Waals surface area contributed by atoms with Gasteiger partial charge in [-0.15, -0.1) is 0 Å². The largest absolute Gasteiger partial charge is 0.396 e. The number of unbranched alkanes of at least 4 members (excludes halogenated alkanes) is 2. The molecular formula is C12H26O3. The van der Waals surface area contributed by atoms with Gasteiger partial charge in [-0.1, -0.05) is 13.8 Å². The lowest BCUT2D eigenvalue weighted by atomic mass is 10.2. The van der Waals surface area contributed by atoms with E-state index >= 15 is 0 Å². The van der Waals surface area contributed by atoms with Gasteiger partial charge in [-0.2, -0.15) is 0 Å². The van der Waals surface area contributed by atoms with E-state index in [2.05, 4.69) is 13.8 Å². The summed E-state index contributed by atoms with van der Waals surface area (Å²) < 4.78 is 10.8.